The molecule has 2 unspecified atom stereocenters. The van der Waals surface area contributed by atoms with E-state index < -0.39 is 24.1 Å². The van der Waals surface area contributed by atoms with Gasteiger partial charge in [0.15, 0.2) is 0 Å². The first kappa shape index (κ1) is 18.4. The van der Waals surface area contributed by atoms with E-state index >= 15 is 0 Å². The lowest BCUT2D eigenvalue weighted by atomic mass is 10.0. The Morgan fingerprint density at radius 3 is 2.58 bits per heavy atom. The Bertz CT molecular complexity index is 663. The van der Waals surface area contributed by atoms with Crippen molar-refractivity contribution in [2.45, 2.75) is 18.8 Å². The first-order valence-electron chi connectivity index (χ1n) is 7.22. The molecular formula is C17H17BrFNO4. The third-order valence-corrected chi connectivity index (χ3v) is 3.72. The Morgan fingerprint density at radius 1 is 1.21 bits per heavy atom. The number of amides is 1. The van der Waals surface area contributed by atoms with Gasteiger partial charge in [-0.1, -0.05) is 46.3 Å². The van der Waals surface area contributed by atoms with Gasteiger partial charge in [-0.25, -0.2) is 9.18 Å². The molecule has 3 N–H and O–H groups in total. The van der Waals surface area contributed by atoms with Crippen molar-refractivity contribution < 1.29 is 24.1 Å². The monoisotopic (exact) mass is 397 g/mol. The summed E-state index contributed by atoms with van der Waals surface area (Å²) in [5, 5.41) is 22.3. The number of carbonyl (C=O) groups is 1. The molecule has 5 nitrogen and oxygen atoms in total. The molecule has 0 aliphatic rings. The fraction of sp³-hybridized carbons (Fsp3) is 0.235. The van der Waals surface area contributed by atoms with Gasteiger partial charge in [-0.15, -0.1) is 0 Å². The van der Waals surface area contributed by atoms with Crippen molar-refractivity contribution in [3.8, 4) is 0 Å². The first-order chi connectivity index (χ1) is 11.5. The van der Waals surface area contributed by atoms with Gasteiger partial charge in [-0.2, -0.15) is 0 Å². The van der Waals surface area contributed by atoms with E-state index in [4.69, 9.17) is 4.74 Å². The predicted molar refractivity (Wildman–Crippen MR) is 89.7 cm³/mol. The molecule has 24 heavy (non-hydrogen) atoms. The van der Waals surface area contributed by atoms with Crippen molar-refractivity contribution in [2.75, 3.05) is 6.54 Å². The lowest BCUT2D eigenvalue weighted by Gasteiger charge is -2.19. The summed E-state index contributed by atoms with van der Waals surface area (Å²) in [5.41, 5.74) is 1.03. The van der Waals surface area contributed by atoms with Gasteiger partial charge in [0.2, 0.25) is 0 Å². The molecule has 2 aromatic carbocycles. The van der Waals surface area contributed by atoms with Crippen LogP contribution in [-0.4, -0.2) is 29.0 Å². The van der Waals surface area contributed by atoms with Crippen LogP contribution in [0.15, 0.2) is 53.0 Å². The molecule has 0 heterocycles. The van der Waals surface area contributed by atoms with E-state index in [1.165, 1.54) is 12.1 Å². The minimum absolute atomic E-state index is 0.0994. The number of halogens is 2. The molecule has 2 aromatic rings. The van der Waals surface area contributed by atoms with Crippen LogP contribution in [-0.2, 0) is 11.3 Å². The fourth-order valence-corrected chi connectivity index (χ4v) is 2.52. The third kappa shape index (κ3) is 5.59. The van der Waals surface area contributed by atoms with Crippen molar-refractivity contribution in [3.05, 3.63) is 69.9 Å². The maximum absolute atomic E-state index is 13.3. The second kappa shape index (κ2) is 8.77. The summed E-state index contributed by atoms with van der Waals surface area (Å²) in [6.45, 7) is -0.134. The molecule has 0 saturated carbocycles. The number of alkyl carbamates (subject to hydrolysis) is 1. The Morgan fingerprint density at radius 2 is 1.92 bits per heavy atom. The number of aliphatic hydroxyl groups excluding tert-OH is 2. The zero-order valence-corrected chi connectivity index (χ0v) is 14.2. The Balaban J connectivity index is 1.81. The number of nitrogens with one attached hydrogen (secondary N) is 1. The largest absolute Gasteiger partial charge is 0.445 e. The number of rotatable bonds is 6. The highest BCUT2D eigenvalue weighted by Gasteiger charge is 2.20. The van der Waals surface area contributed by atoms with Gasteiger partial charge < -0.3 is 20.3 Å². The molecule has 1 amide bonds. The molecule has 0 saturated heterocycles. The molecule has 0 spiro atoms. The summed E-state index contributed by atoms with van der Waals surface area (Å²) in [6, 6.07) is 13.0. The second-order valence-corrected chi connectivity index (χ2v) is 6.07. The average Bonchev–Trinajstić information content (AvgIpc) is 2.57. The maximum Gasteiger partial charge on any atom is 0.407 e. The number of carbonyl (C=O) groups excluding carboxylic acids is 1. The molecule has 0 aliphatic carbocycles. The quantitative estimate of drug-likeness (QED) is 0.699. The van der Waals surface area contributed by atoms with E-state index in [1.807, 2.05) is 30.3 Å². The number of hydrogen-bond acceptors (Lipinski definition) is 4. The Hall–Kier alpha value is -1.96. The van der Waals surface area contributed by atoms with Crippen molar-refractivity contribution in [3.63, 3.8) is 0 Å². The standard InChI is InChI=1S/C17H17BrFNO4/c18-13-6-12(7-14(19)8-13)16(22)15(21)9-20-17(23)24-10-11-4-2-1-3-5-11/h1-8,15-16,21-22H,9-10H2,(H,20,23). The summed E-state index contributed by atoms with van der Waals surface area (Å²) in [5.74, 6) is -0.541. The zero-order valence-electron chi connectivity index (χ0n) is 12.7. The highest BCUT2D eigenvalue weighted by Crippen LogP contribution is 2.22. The van der Waals surface area contributed by atoms with E-state index in [2.05, 4.69) is 21.2 Å². The second-order valence-electron chi connectivity index (χ2n) is 5.16. The van der Waals surface area contributed by atoms with E-state index in [1.54, 1.807) is 0 Å². The number of hydrogen-bond donors (Lipinski definition) is 3. The van der Waals surface area contributed by atoms with Gasteiger partial charge in [0.05, 0.1) is 0 Å². The SMILES string of the molecule is O=C(NCC(O)C(O)c1cc(F)cc(Br)c1)OCc1ccccc1. The van der Waals surface area contributed by atoms with Crippen LogP contribution in [0.25, 0.3) is 0 Å². The smallest absolute Gasteiger partial charge is 0.407 e. The average molecular weight is 398 g/mol. The van der Waals surface area contributed by atoms with Crippen LogP contribution in [0.2, 0.25) is 0 Å². The van der Waals surface area contributed by atoms with Crippen LogP contribution in [0.1, 0.15) is 17.2 Å². The van der Waals surface area contributed by atoms with Crippen molar-refractivity contribution in [1.29, 1.82) is 0 Å². The highest BCUT2D eigenvalue weighted by molar-refractivity contribution is 9.10. The van der Waals surface area contributed by atoms with Crippen LogP contribution < -0.4 is 5.32 Å². The van der Waals surface area contributed by atoms with E-state index in [0.717, 1.165) is 11.6 Å². The Labute approximate surface area is 147 Å². The van der Waals surface area contributed by atoms with Crippen LogP contribution in [0.5, 0.6) is 0 Å². The lowest BCUT2D eigenvalue weighted by Crippen LogP contribution is -2.35. The minimum atomic E-state index is -1.34. The summed E-state index contributed by atoms with van der Waals surface area (Å²) in [6.07, 6.45) is -3.36. The van der Waals surface area contributed by atoms with E-state index in [0.29, 0.717) is 4.47 Å². The zero-order chi connectivity index (χ0) is 17.5. The lowest BCUT2D eigenvalue weighted by molar-refractivity contribution is 0.0182. The molecule has 0 aliphatic heterocycles. The van der Waals surface area contributed by atoms with Gasteiger partial charge in [0.1, 0.15) is 24.6 Å². The topological polar surface area (TPSA) is 78.8 Å². The summed E-state index contributed by atoms with van der Waals surface area (Å²) in [7, 11) is 0. The molecule has 0 radical (unpaired) electrons. The normalized spacial score (nSPS) is 13.2. The molecule has 7 heteroatoms. The molecule has 0 aromatic heterocycles. The van der Waals surface area contributed by atoms with E-state index in [-0.39, 0.29) is 18.7 Å². The molecule has 2 rings (SSSR count). The van der Waals surface area contributed by atoms with Crippen molar-refractivity contribution >= 4 is 22.0 Å². The van der Waals surface area contributed by atoms with Gasteiger partial charge in [0, 0.05) is 11.0 Å². The fourth-order valence-electron chi connectivity index (χ4n) is 2.04. The van der Waals surface area contributed by atoms with Crippen LogP contribution in [0.3, 0.4) is 0 Å². The van der Waals surface area contributed by atoms with Gasteiger partial charge in [0.25, 0.3) is 0 Å². The van der Waals surface area contributed by atoms with Crippen LogP contribution >= 0.6 is 15.9 Å². The maximum atomic E-state index is 13.3. The molecule has 2 atom stereocenters. The van der Waals surface area contributed by atoms with Crippen LogP contribution in [0.4, 0.5) is 9.18 Å². The molecule has 128 valence electrons. The van der Waals surface area contributed by atoms with Gasteiger partial charge >= 0.3 is 6.09 Å². The Kier molecular flexibility index (Phi) is 6.72. The van der Waals surface area contributed by atoms with Crippen molar-refractivity contribution in [2.24, 2.45) is 0 Å². The van der Waals surface area contributed by atoms with Gasteiger partial charge in [-0.05, 0) is 29.3 Å². The molecule has 0 bridgehead atoms. The third-order valence-electron chi connectivity index (χ3n) is 3.26. The highest BCUT2D eigenvalue weighted by atomic mass is 79.9. The summed E-state index contributed by atoms with van der Waals surface area (Å²) < 4.78 is 18.8. The van der Waals surface area contributed by atoms with Crippen molar-refractivity contribution in [1.82, 2.24) is 5.32 Å². The first-order valence-corrected chi connectivity index (χ1v) is 8.01. The number of ether oxygens (including phenoxy) is 1. The van der Waals surface area contributed by atoms with Gasteiger partial charge in [-0.3, -0.25) is 0 Å². The summed E-state index contributed by atoms with van der Waals surface area (Å²) in [4.78, 5) is 11.6. The number of aliphatic hydroxyl groups is 2. The molecular weight excluding hydrogens is 381 g/mol. The number of benzene rings is 2. The van der Waals surface area contributed by atoms with Crippen LogP contribution in [0, 0.1) is 5.82 Å². The predicted octanol–water partition coefficient (Wildman–Crippen LogP) is 2.91. The molecule has 0 fully saturated rings. The summed E-state index contributed by atoms with van der Waals surface area (Å²) >= 11 is 3.11. The van der Waals surface area contributed by atoms with E-state index in [9.17, 15) is 19.4 Å². The minimum Gasteiger partial charge on any atom is -0.445 e.